The van der Waals surface area contributed by atoms with Crippen LogP contribution in [0.15, 0.2) is 29.4 Å². The van der Waals surface area contributed by atoms with Gasteiger partial charge >= 0.3 is 0 Å². The van der Waals surface area contributed by atoms with Gasteiger partial charge in [-0.05, 0) is 24.6 Å². The zero-order chi connectivity index (χ0) is 15.9. The van der Waals surface area contributed by atoms with Crippen molar-refractivity contribution < 1.29 is 19.4 Å². The molecule has 1 aromatic rings. The molecular formula is C14H19N4O4+. The summed E-state index contributed by atoms with van der Waals surface area (Å²) in [6.45, 7) is 5.09. The molecule has 118 valence electrons. The summed E-state index contributed by atoms with van der Waals surface area (Å²) in [5, 5.41) is 14.6. The molecule has 0 aromatic heterocycles. The van der Waals surface area contributed by atoms with Crippen LogP contribution < -0.4 is 10.3 Å². The largest absolute Gasteiger partial charge is 0.370 e. The first-order valence-electron chi connectivity index (χ1n) is 7.05. The fourth-order valence-electron chi connectivity index (χ4n) is 2.14. The maximum absolute atomic E-state index is 11.8. The van der Waals surface area contributed by atoms with Gasteiger partial charge in [0.1, 0.15) is 13.1 Å². The molecule has 8 nitrogen and oxygen atoms in total. The molecule has 0 saturated carbocycles. The van der Waals surface area contributed by atoms with Crippen LogP contribution >= 0.6 is 0 Å². The van der Waals surface area contributed by atoms with Gasteiger partial charge < -0.3 is 9.64 Å². The number of carbonyl (C=O) groups is 1. The van der Waals surface area contributed by atoms with Crippen LogP contribution in [0.25, 0.3) is 0 Å². The monoisotopic (exact) mass is 307 g/mol. The zero-order valence-electron chi connectivity index (χ0n) is 12.4. The molecule has 1 amide bonds. The third-order valence-electron chi connectivity index (χ3n) is 3.45. The van der Waals surface area contributed by atoms with Crippen LogP contribution in [0.1, 0.15) is 12.5 Å². The van der Waals surface area contributed by atoms with Crippen molar-refractivity contribution in [2.24, 2.45) is 5.10 Å². The van der Waals surface area contributed by atoms with Gasteiger partial charge in [0.15, 0.2) is 6.54 Å². The molecule has 0 unspecified atom stereocenters. The van der Waals surface area contributed by atoms with E-state index in [9.17, 15) is 14.9 Å². The molecule has 0 radical (unpaired) electrons. The van der Waals surface area contributed by atoms with Crippen molar-refractivity contribution in [3.63, 3.8) is 0 Å². The second kappa shape index (κ2) is 7.62. The minimum atomic E-state index is -0.455. The smallest absolute Gasteiger partial charge is 0.295 e. The predicted octanol–water partition coefficient (Wildman–Crippen LogP) is -0.650. The molecule has 0 bridgehead atoms. The average molecular weight is 307 g/mol. The number of hydrazone groups is 1. The third-order valence-corrected chi connectivity index (χ3v) is 3.45. The minimum Gasteiger partial charge on any atom is -0.370 e. The molecule has 2 rings (SSSR count). The topological polar surface area (TPSA) is 98.3 Å². The second-order valence-corrected chi connectivity index (χ2v) is 5.08. The number of hydrogen-bond donors (Lipinski definition) is 2. The fourth-order valence-corrected chi connectivity index (χ4v) is 2.14. The SMILES string of the molecule is C/C(=N/NC(=O)C[NH+]1CCOCC1)c1ccc([N+](=O)[O-])cc1. The first-order valence-corrected chi connectivity index (χ1v) is 7.05. The number of non-ortho nitro benzene ring substituents is 1. The number of nitro benzene ring substituents is 1. The number of nitrogens with one attached hydrogen (secondary N) is 2. The summed E-state index contributed by atoms with van der Waals surface area (Å²) in [5.74, 6) is -0.154. The maximum Gasteiger partial charge on any atom is 0.295 e. The highest BCUT2D eigenvalue weighted by atomic mass is 16.6. The summed E-state index contributed by atoms with van der Waals surface area (Å²) < 4.78 is 5.24. The Bertz CT molecular complexity index is 565. The van der Waals surface area contributed by atoms with Gasteiger partial charge in [-0.1, -0.05) is 0 Å². The van der Waals surface area contributed by atoms with Crippen molar-refractivity contribution in [2.75, 3.05) is 32.8 Å². The third kappa shape index (κ3) is 4.61. The van der Waals surface area contributed by atoms with E-state index in [2.05, 4.69) is 10.5 Å². The van der Waals surface area contributed by atoms with Crippen LogP contribution in [0.4, 0.5) is 5.69 Å². The van der Waals surface area contributed by atoms with Crippen LogP contribution in [-0.2, 0) is 9.53 Å². The number of quaternary nitrogens is 1. The summed E-state index contributed by atoms with van der Waals surface area (Å²) in [7, 11) is 0. The number of nitrogens with zero attached hydrogens (tertiary/aromatic N) is 2. The van der Waals surface area contributed by atoms with E-state index in [-0.39, 0.29) is 11.6 Å². The van der Waals surface area contributed by atoms with Crippen molar-refractivity contribution in [3.05, 3.63) is 39.9 Å². The van der Waals surface area contributed by atoms with E-state index >= 15 is 0 Å². The summed E-state index contributed by atoms with van der Waals surface area (Å²) in [6.07, 6.45) is 0. The lowest BCUT2D eigenvalue weighted by molar-refractivity contribution is -0.900. The highest BCUT2D eigenvalue weighted by Crippen LogP contribution is 2.12. The Morgan fingerprint density at radius 2 is 2.00 bits per heavy atom. The quantitative estimate of drug-likeness (QED) is 0.429. The molecule has 1 heterocycles. The van der Waals surface area contributed by atoms with Gasteiger partial charge in [-0.15, -0.1) is 0 Å². The van der Waals surface area contributed by atoms with Crippen LogP contribution in [0, 0.1) is 10.1 Å². The standard InChI is InChI=1S/C14H18N4O4/c1-11(12-2-4-13(5-3-12)18(20)21)15-16-14(19)10-17-6-8-22-9-7-17/h2-5H,6-10H2,1H3,(H,16,19)/p+1/b15-11-. The number of nitro groups is 1. The van der Waals surface area contributed by atoms with Crippen molar-refractivity contribution in [1.29, 1.82) is 0 Å². The van der Waals surface area contributed by atoms with Crippen LogP contribution in [0.2, 0.25) is 0 Å². The van der Waals surface area contributed by atoms with Gasteiger partial charge in [0.2, 0.25) is 0 Å². The van der Waals surface area contributed by atoms with Gasteiger partial charge in [0.05, 0.1) is 23.8 Å². The number of ether oxygens (including phenoxy) is 1. The molecule has 8 heteroatoms. The predicted molar refractivity (Wildman–Crippen MR) is 79.8 cm³/mol. The lowest BCUT2D eigenvalue weighted by Gasteiger charge is -2.22. The van der Waals surface area contributed by atoms with Gasteiger partial charge in [-0.2, -0.15) is 5.10 Å². The molecule has 22 heavy (non-hydrogen) atoms. The molecule has 1 saturated heterocycles. The first-order chi connectivity index (χ1) is 10.6. The zero-order valence-corrected chi connectivity index (χ0v) is 12.4. The van der Waals surface area contributed by atoms with Gasteiger partial charge in [0, 0.05) is 12.1 Å². The lowest BCUT2D eigenvalue weighted by Crippen LogP contribution is -3.15. The van der Waals surface area contributed by atoms with E-state index in [0.29, 0.717) is 25.5 Å². The van der Waals surface area contributed by atoms with Crippen molar-refractivity contribution in [2.45, 2.75) is 6.92 Å². The Hall–Kier alpha value is -2.32. The minimum absolute atomic E-state index is 0.0245. The number of morpholine rings is 1. The highest BCUT2D eigenvalue weighted by Gasteiger charge is 2.17. The number of rotatable bonds is 5. The van der Waals surface area contributed by atoms with Crippen molar-refractivity contribution in [3.8, 4) is 0 Å². The van der Waals surface area contributed by atoms with Crippen LogP contribution in [0.5, 0.6) is 0 Å². The Morgan fingerprint density at radius 1 is 1.36 bits per heavy atom. The molecule has 0 aliphatic carbocycles. The van der Waals surface area contributed by atoms with E-state index in [4.69, 9.17) is 4.74 Å². The average Bonchev–Trinajstić information content (AvgIpc) is 2.53. The van der Waals surface area contributed by atoms with E-state index in [1.165, 1.54) is 17.0 Å². The fraction of sp³-hybridized carbons (Fsp3) is 0.429. The summed E-state index contributed by atoms with van der Waals surface area (Å²) >= 11 is 0. The Morgan fingerprint density at radius 3 is 2.59 bits per heavy atom. The molecular weight excluding hydrogens is 288 g/mol. The van der Waals surface area contributed by atoms with Gasteiger partial charge in [0.25, 0.3) is 11.6 Å². The number of amides is 1. The van der Waals surface area contributed by atoms with Crippen molar-refractivity contribution >= 4 is 17.3 Å². The first kappa shape index (κ1) is 16.1. The normalized spacial score (nSPS) is 16.3. The number of hydrogen-bond acceptors (Lipinski definition) is 5. The molecule has 0 atom stereocenters. The molecule has 1 fully saturated rings. The van der Waals surface area contributed by atoms with Gasteiger partial charge in [-0.3, -0.25) is 14.9 Å². The van der Waals surface area contributed by atoms with E-state index in [1.807, 2.05) is 0 Å². The van der Waals surface area contributed by atoms with Crippen LogP contribution in [-0.4, -0.2) is 49.4 Å². The van der Waals surface area contributed by atoms with E-state index in [0.717, 1.165) is 18.7 Å². The summed E-state index contributed by atoms with van der Waals surface area (Å²) in [5.41, 5.74) is 3.87. The summed E-state index contributed by atoms with van der Waals surface area (Å²) in [4.78, 5) is 23.1. The Balaban J connectivity index is 1.88. The lowest BCUT2D eigenvalue weighted by atomic mass is 10.1. The molecule has 1 aromatic carbocycles. The Kier molecular flexibility index (Phi) is 5.56. The highest BCUT2D eigenvalue weighted by molar-refractivity contribution is 5.99. The Labute approximate surface area is 127 Å². The van der Waals surface area contributed by atoms with Gasteiger partial charge in [-0.25, -0.2) is 5.43 Å². The van der Waals surface area contributed by atoms with Crippen LogP contribution in [0.3, 0.4) is 0 Å². The molecule has 1 aliphatic heterocycles. The second-order valence-electron chi connectivity index (χ2n) is 5.08. The van der Waals surface area contributed by atoms with E-state index in [1.54, 1.807) is 19.1 Å². The summed E-state index contributed by atoms with van der Waals surface area (Å²) in [6, 6.07) is 6.04. The molecule has 2 N–H and O–H groups in total. The maximum atomic E-state index is 11.8. The molecule has 0 spiro atoms. The van der Waals surface area contributed by atoms with E-state index < -0.39 is 4.92 Å². The molecule has 1 aliphatic rings. The number of benzene rings is 1. The number of carbonyl (C=O) groups excluding carboxylic acids is 1. The van der Waals surface area contributed by atoms with Crippen molar-refractivity contribution in [1.82, 2.24) is 5.43 Å².